The van der Waals surface area contributed by atoms with Crippen molar-refractivity contribution < 1.29 is 57.9 Å². The molecule has 0 aromatic heterocycles. The third kappa shape index (κ3) is 22.7. The van der Waals surface area contributed by atoms with Crippen LogP contribution in [0.4, 0.5) is 0 Å². The number of carbonyl (C=O) groups excluding carboxylic acids is 3. The first kappa shape index (κ1) is 33.6. The predicted molar refractivity (Wildman–Crippen MR) is 125 cm³/mol. The van der Waals surface area contributed by atoms with E-state index >= 15 is 0 Å². The van der Waals surface area contributed by atoms with Crippen LogP contribution in [-0.4, -0.2) is 25.2 Å². The molecule has 0 aromatic carbocycles. The molecule has 0 unspecified atom stereocenters. The quantitative estimate of drug-likeness (QED) is 0.229. The molecule has 0 bridgehead atoms. The molecule has 0 aliphatic rings. The number of rotatable bonds is 18. The summed E-state index contributed by atoms with van der Waals surface area (Å²) in [7, 11) is -2.54. The zero-order valence-electron chi connectivity index (χ0n) is 21.9. The third-order valence-electron chi connectivity index (χ3n) is 5.07. The molecule has 6 nitrogen and oxygen atoms in total. The van der Waals surface area contributed by atoms with Crippen LogP contribution in [0.25, 0.3) is 0 Å². The summed E-state index contributed by atoms with van der Waals surface area (Å²) in [5.41, 5.74) is 0. The van der Waals surface area contributed by atoms with Gasteiger partial charge >= 0.3 is 36.9 Å². The third-order valence-corrected chi connectivity index (χ3v) is 5.07. The monoisotopic (exact) mass is 464 g/mol. The van der Waals surface area contributed by atoms with E-state index in [1.807, 2.05) is 0 Å². The standard InChI is InChI=1S/C24H46BO6.Na/c1-19(2)13-7-10-16-22(26)29-25(30-23(27)17-11-8-14-20(3)4)31-24(28)18-12-9-15-21(5)6;/h19-21,25H,7-18H2,1-6H3;/q-1;+1. The van der Waals surface area contributed by atoms with Crippen molar-refractivity contribution in [3.63, 3.8) is 0 Å². The summed E-state index contributed by atoms with van der Waals surface area (Å²) < 4.78 is 15.7. The Morgan fingerprint density at radius 2 is 0.781 bits per heavy atom. The van der Waals surface area contributed by atoms with Gasteiger partial charge in [-0.2, -0.15) is 0 Å². The molecular formula is C24H46BNaO6. The van der Waals surface area contributed by atoms with Crippen LogP contribution in [0.1, 0.15) is 119 Å². The van der Waals surface area contributed by atoms with Crippen LogP contribution in [0.3, 0.4) is 0 Å². The van der Waals surface area contributed by atoms with Gasteiger partial charge in [0.1, 0.15) is 0 Å². The van der Waals surface area contributed by atoms with Crippen molar-refractivity contribution in [2.24, 2.45) is 17.8 Å². The Balaban J connectivity index is 0. The molecule has 0 aliphatic heterocycles. The van der Waals surface area contributed by atoms with E-state index in [4.69, 9.17) is 14.0 Å². The molecule has 0 saturated carbocycles. The molecule has 0 heterocycles. The van der Waals surface area contributed by atoms with E-state index in [-0.39, 0.29) is 48.8 Å². The minimum atomic E-state index is -2.54. The largest absolute Gasteiger partial charge is 1.00 e. The Kier molecular flexibility index (Phi) is 22.1. The summed E-state index contributed by atoms with van der Waals surface area (Å²) in [6, 6.07) is 0. The fraction of sp³-hybridized carbons (Fsp3) is 0.875. The zero-order chi connectivity index (χ0) is 23.6. The van der Waals surface area contributed by atoms with E-state index in [9.17, 15) is 14.4 Å². The Labute approximate surface area is 218 Å². The molecule has 0 saturated heterocycles. The van der Waals surface area contributed by atoms with E-state index in [1.165, 1.54) is 0 Å². The van der Waals surface area contributed by atoms with Gasteiger partial charge in [-0.05, 0) is 37.0 Å². The second-order valence-electron chi connectivity index (χ2n) is 9.82. The summed E-state index contributed by atoms with van der Waals surface area (Å²) in [5, 5.41) is 0. The van der Waals surface area contributed by atoms with Gasteiger partial charge in [-0.15, -0.1) is 0 Å². The summed E-state index contributed by atoms with van der Waals surface area (Å²) in [5.74, 6) is 0.310. The average molecular weight is 464 g/mol. The van der Waals surface area contributed by atoms with Crippen molar-refractivity contribution in [1.82, 2.24) is 0 Å². The molecule has 32 heavy (non-hydrogen) atoms. The smallest absolute Gasteiger partial charge is 0.625 e. The topological polar surface area (TPSA) is 78.9 Å². The molecule has 0 radical (unpaired) electrons. The Hall–Kier alpha value is -0.525. The fourth-order valence-electron chi connectivity index (χ4n) is 3.17. The van der Waals surface area contributed by atoms with Gasteiger partial charge in [0.2, 0.25) is 0 Å². The van der Waals surface area contributed by atoms with E-state index in [0.29, 0.717) is 37.0 Å². The van der Waals surface area contributed by atoms with Gasteiger partial charge in [-0.1, -0.05) is 80.1 Å². The van der Waals surface area contributed by atoms with Crippen molar-refractivity contribution in [3.8, 4) is 0 Å². The Morgan fingerprint density at radius 1 is 0.531 bits per heavy atom. The second-order valence-corrected chi connectivity index (χ2v) is 9.82. The van der Waals surface area contributed by atoms with E-state index in [0.717, 1.165) is 38.5 Å². The maximum atomic E-state index is 12.1. The van der Waals surface area contributed by atoms with Crippen molar-refractivity contribution in [1.29, 1.82) is 0 Å². The zero-order valence-corrected chi connectivity index (χ0v) is 23.9. The number of unbranched alkanes of at least 4 members (excludes halogenated alkanes) is 3. The minimum Gasteiger partial charge on any atom is -0.625 e. The van der Waals surface area contributed by atoms with Crippen LogP contribution in [0, 0.1) is 17.8 Å². The van der Waals surface area contributed by atoms with E-state index in [1.54, 1.807) is 0 Å². The van der Waals surface area contributed by atoms with Gasteiger partial charge in [0.25, 0.3) is 17.9 Å². The molecule has 0 aromatic rings. The molecule has 0 rings (SSSR count). The van der Waals surface area contributed by atoms with Crippen LogP contribution in [0.5, 0.6) is 0 Å². The first-order valence-corrected chi connectivity index (χ1v) is 12.3. The average Bonchev–Trinajstić information content (AvgIpc) is 2.65. The molecule has 0 fully saturated rings. The maximum Gasteiger partial charge on any atom is 1.00 e. The normalized spacial score (nSPS) is 11.1. The number of hydrogen-bond donors (Lipinski definition) is 0. The van der Waals surface area contributed by atoms with Crippen LogP contribution in [0.15, 0.2) is 0 Å². The van der Waals surface area contributed by atoms with E-state index in [2.05, 4.69) is 41.5 Å². The Morgan fingerprint density at radius 3 is 1.00 bits per heavy atom. The second kappa shape index (κ2) is 21.0. The number of carbonyl (C=O) groups is 3. The van der Waals surface area contributed by atoms with Gasteiger partial charge < -0.3 is 14.0 Å². The minimum absolute atomic E-state index is 0. The summed E-state index contributed by atoms with van der Waals surface area (Å²) in [4.78, 5) is 36.4. The van der Waals surface area contributed by atoms with Crippen LogP contribution in [-0.2, 0) is 28.3 Å². The van der Waals surface area contributed by atoms with Crippen molar-refractivity contribution in [2.75, 3.05) is 0 Å². The van der Waals surface area contributed by atoms with Crippen LogP contribution in [0.2, 0.25) is 0 Å². The first-order chi connectivity index (χ1) is 14.6. The number of hydrogen-bond acceptors (Lipinski definition) is 6. The predicted octanol–water partition coefficient (Wildman–Crippen LogP) is 2.99. The molecule has 0 spiro atoms. The van der Waals surface area contributed by atoms with Crippen molar-refractivity contribution >= 4 is 25.2 Å². The Bertz CT molecular complexity index is 439. The maximum absolute atomic E-state index is 12.1. The summed E-state index contributed by atoms with van der Waals surface area (Å²) in [6.07, 6.45) is 8.71. The fourth-order valence-corrected chi connectivity index (χ4v) is 3.17. The van der Waals surface area contributed by atoms with Gasteiger partial charge in [0, 0.05) is 19.3 Å². The van der Waals surface area contributed by atoms with Gasteiger partial charge in [0.05, 0.1) is 0 Å². The van der Waals surface area contributed by atoms with Crippen molar-refractivity contribution in [2.45, 2.75) is 119 Å². The summed E-state index contributed by atoms with van der Waals surface area (Å²) >= 11 is 0. The molecule has 0 amide bonds. The SMILES string of the molecule is CC(C)CCCCC(=O)O[BH-](OC(=O)CCCCC(C)C)OC(=O)CCCCC(C)C.[Na+]. The molecule has 182 valence electrons. The van der Waals surface area contributed by atoms with Crippen LogP contribution < -0.4 is 29.6 Å². The van der Waals surface area contributed by atoms with Gasteiger partial charge in [0.15, 0.2) is 0 Å². The molecule has 0 N–H and O–H groups in total. The molecule has 0 atom stereocenters. The van der Waals surface area contributed by atoms with E-state index < -0.39 is 25.2 Å². The molecule has 8 heteroatoms. The van der Waals surface area contributed by atoms with Gasteiger partial charge in [-0.25, -0.2) is 0 Å². The first-order valence-electron chi connectivity index (χ1n) is 12.3. The van der Waals surface area contributed by atoms with Crippen LogP contribution >= 0.6 is 0 Å². The molecular weight excluding hydrogens is 418 g/mol. The summed E-state index contributed by atoms with van der Waals surface area (Å²) in [6.45, 7) is 12.8. The van der Waals surface area contributed by atoms with Gasteiger partial charge in [-0.3, -0.25) is 14.4 Å². The van der Waals surface area contributed by atoms with Crippen molar-refractivity contribution in [3.05, 3.63) is 0 Å². The molecule has 0 aliphatic carbocycles.